The molecule has 1 saturated heterocycles. The topological polar surface area (TPSA) is 55.8 Å². The summed E-state index contributed by atoms with van der Waals surface area (Å²) >= 11 is 0. The van der Waals surface area contributed by atoms with Crippen molar-refractivity contribution in [2.45, 2.75) is 20.0 Å². The van der Waals surface area contributed by atoms with Crippen LogP contribution in [-0.2, 0) is 13.1 Å². The van der Waals surface area contributed by atoms with E-state index >= 15 is 0 Å². The summed E-state index contributed by atoms with van der Waals surface area (Å²) in [6.45, 7) is 7.72. The lowest BCUT2D eigenvalue weighted by atomic mass is 10.1. The van der Waals surface area contributed by atoms with Gasteiger partial charge in [0, 0.05) is 58.1 Å². The molecule has 0 spiro atoms. The smallest absolute Gasteiger partial charge is 0.191 e. The minimum atomic E-state index is 0. The van der Waals surface area contributed by atoms with E-state index in [0.717, 1.165) is 44.5 Å². The van der Waals surface area contributed by atoms with Gasteiger partial charge < -0.3 is 20.4 Å². The maximum atomic E-state index is 4.64. The molecule has 0 atom stereocenters. The normalized spacial score (nSPS) is 15.1. The van der Waals surface area contributed by atoms with Crippen LogP contribution in [0.2, 0.25) is 0 Å². The summed E-state index contributed by atoms with van der Waals surface area (Å²) in [6, 6.07) is 12.7. The second kappa shape index (κ2) is 11.2. The average molecular weight is 494 g/mol. The number of nitrogens with zero attached hydrogens (tertiary/aromatic N) is 4. The number of likely N-dealkylation sites (N-methyl/N-ethyl adjacent to an activating group) is 1. The number of piperazine rings is 1. The summed E-state index contributed by atoms with van der Waals surface area (Å²) in [6.07, 6.45) is 1.88. The number of hydrogen-bond acceptors (Lipinski definition) is 4. The highest BCUT2D eigenvalue weighted by atomic mass is 127. The van der Waals surface area contributed by atoms with Crippen LogP contribution >= 0.6 is 24.0 Å². The fourth-order valence-electron chi connectivity index (χ4n) is 3.16. The van der Waals surface area contributed by atoms with Crippen molar-refractivity contribution in [3.63, 3.8) is 0 Å². The molecule has 1 aliphatic heterocycles. The van der Waals surface area contributed by atoms with Crippen molar-refractivity contribution in [2.24, 2.45) is 4.99 Å². The van der Waals surface area contributed by atoms with Crippen molar-refractivity contribution in [3.05, 3.63) is 59.3 Å². The molecule has 1 aromatic heterocycles. The van der Waals surface area contributed by atoms with Crippen molar-refractivity contribution < 1.29 is 0 Å². The van der Waals surface area contributed by atoms with Gasteiger partial charge in [-0.05, 0) is 25.6 Å². The molecule has 0 saturated carbocycles. The lowest BCUT2D eigenvalue weighted by molar-refractivity contribution is 0.312. The number of rotatable bonds is 5. The highest BCUT2D eigenvalue weighted by Gasteiger charge is 2.17. The van der Waals surface area contributed by atoms with Crippen LogP contribution in [-0.4, -0.2) is 56.1 Å². The Kier molecular flexibility index (Phi) is 8.98. The summed E-state index contributed by atoms with van der Waals surface area (Å²) in [5.74, 6) is 1.87. The molecule has 2 aromatic rings. The van der Waals surface area contributed by atoms with Crippen LogP contribution < -0.4 is 15.5 Å². The Hall–Kier alpha value is -1.87. The predicted molar refractivity (Wildman–Crippen MR) is 128 cm³/mol. The molecule has 1 aromatic carbocycles. The first-order valence-electron chi connectivity index (χ1n) is 9.53. The Balaban J connectivity index is 0.00000280. The zero-order valence-corrected chi connectivity index (χ0v) is 19.3. The van der Waals surface area contributed by atoms with Crippen molar-refractivity contribution in [3.8, 4) is 0 Å². The van der Waals surface area contributed by atoms with E-state index in [1.54, 1.807) is 7.05 Å². The second-order valence-corrected chi connectivity index (χ2v) is 7.04. The highest BCUT2D eigenvalue weighted by Crippen LogP contribution is 2.18. The van der Waals surface area contributed by atoms with E-state index in [0.29, 0.717) is 6.54 Å². The maximum absolute atomic E-state index is 4.64. The molecule has 7 heteroatoms. The SMILES string of the molecule is CN=C(NCc1ccc(C)cc1)NCc1cccnc1N1CCN(C)CC1.I. The molecule has 2 heterocycles. The number of aliphatic imine (C=N–C) groups is 1. The van der Waals surface area contributed by atoms with Crippen LogP contribution in [0.3, 0.4) is 0 Å². The van der Waals surface area contributed by atoms with Crippen LogP contribution in [0.25, 0.3) is 0 Å². The molecule has 0 unspecified atom stereocenters. The summed E-state index contributed by atoms with van der Waals surface area (Å²) in [7, 11) is 3.97. The van der Waals surface area contributed by atoms with Crippen molar-refractivity contribution in [1.82, 2.24) is 20.5 Å². The summed E-state index contributed by atoms with van der Waals surface area (Å²) in [4.78, 5) is 13.7. The van der Waals surface area contributed by atoms with E-state index in [1.165, 1.54) is 16.7 Å². The van der Waals surface area contributed by atoms with Gasteiger partial charge in [-0.1, -0.05) is 35.9 Å². The zero-order chi connectivity index (χ0) is 19.1. The largest absolute Gasteiger partial charge is 0.354 e. The van der Waals surface area contributed by atoms with E-state index in [9.17, 15) is 0 Å². The summed E-state index contributed by atoms with van der Waals surface area (Å²) in [5.41, 5.74) is 3.71. The minimum absolute atomic E-state index is 0. The summed E-state index contributed by atoms with van der Waals surface area (Å²) in [5, 5.41) is 6.80. The number of nitrogens with one attached hydrogen (secondary N) is 2. The van der Waals surface area contributed by atoms with Gasteiger partial charge in [-0.2, -0.15) is 0 Å². The van der Waals surface area contributed by atoms with Crippen LogP contribution in [0.1, 0.15) is 16.7 Å². The van der Waals surface area contributed by atoms with Crippen LogP contribution in [0.4, 0.5) is 5.82 Å². The van der Waals surface area contributed by atoms with Crippen molar-refractivity contribution in [2.75, 3.05) is 45.2 Å². The van der Waals surface area contributed by atoms with Gasteiger partial charge in [0.2, 0.25) is 0 Å². The number of guanidine groups is 1. The van der Waals surface area contributed by atoms with Crippen LogP contribution in [0.15, 0.2) is 47.6 Å². The molecule has 28 heavy (non-hydrogen) atoms. The molecular weight excluding hydrogens is 463 g/mol. The van der Waals surface area contributed by atoms with E-state index in [-0.39, 0.29) is 24.0 Å². The number of aryl methyl sites for hydroxylation is 1. The lowest BCUT2D eigenvalue weighted by Crippen LogP contribution is -2.45. The number of anilines is 1. The monoisotopic (exact) mass is 494 g/mol. The van der Waals surface area contributed by atoms with Gasteiger partial charge in [0.25, 0.3) is 0 Å². The minimum Gasteiger partial charge on any atom is -0.354 e. The number of aromatic nitrogens is 1. The Morgan fingerprint density at radius 3 is 2.39 bits per heavy atom. The standard InChI is InChI=1S/C21H30N6.HI/c1-17-6-8-18(9-7-17)15-24-21(22-2)25-16-19-5-4-10-23-20(19)27-13-11-26(3)12-14-27;/h4-10H,11-16H2,1-3H3,(H2,22,24,25);1H. The van der Waals surface area contributed by atoms with E-state index in [1.807, 2.05) is 12.3 Å². The molecule has 6 nitrogen and oxygen atoms in total. The fraction of sp³-hybridized carbons (Fsp3) is 0.429. The number of benzene rings is 1. The van der Waals surface area contributed by atoms with Crippen LogP contribution in [0, 0.1) is 6.92 Å². The predicted octanol–water partition coefficient (Wildman–Crippen LogP) is 2.63. The van der Waals surface area contributed by atoms with Gasteiger partial charge >= 0.3 is 0 Å². The molecule has 2 N–H and O–H groups in total. The molecule has 1 fully saturated rings. The second-order valence-electron chi connectivity index (χ2n) is 7.04. The molecule has 3 rings (SSSR count). The highest BCUT2D eigenvalue weighted by molar-refractivity contribution is 14.0. The van der Waals surface area contributed by atoms with E-state index in [2.05, 4.69) is 74.7 Å². The van der Waals surface area contributed by atoms with Gasteiger partial charge in [-0.15, -0.1) is 24.0 Å². The van der Waals surface area contributed by atoms with Gasteiger partial charge in [0.15, 0.2) is 5.96 Å². The number of pyridine rings is 1. The molecule has 0 aliphatic carbocycles. The van der Waals surface area contributed by atoms with Gasteiger partial charge in [-0.3, -0.25) is 4.99 Å². The average Bonchev–Trinajstić information content (AvgIpc) is 2.70. The summed E-state index contributed by atoms with van der Waals surface area (Å²) < 4.78 is 0. The molecule has 1 aliphatic rings. The Labute approximate surface area is 185 Å². The van der Waals surface area contributed by atoms with Crippen molar-refractivity contribution in [1.29, 1.82) is 0 Å². The van der Waals surface area contributed by atoms with Crippen molar-refractivity contribution >= 4 is 35.8 Å². The maximum Gasteiger partial charge on any atom is 0.191 e. The zero-order valence-electron chi connectivity index (χ0n) is 17.0. The first-order chi connectivity index (χ1) is 13.2. The van der Waals surface area contributed by atoms with E-state index < -0.39 is 0 Å². The Bertz CT molecular complexity index is 754. The molecule has 152 valence electrons. The Morgan fingerprint density at radius 1 is 1.04 bits per heavy atom. The molecular formula is C21H31IN6. The molecule has 0 amide bonds. The van der Waals surface area contributed by atoms with Crippen LogP contribution in [0.5, 0.6) is 0 Å². The third kappa shape index (κ3) is 6.34. The molecule has 0 radical (unpaired) electrons. The van der Waals surface area contributed by atoms with Gasteiger partial charge in [0.1, 0.15) is 5.82 Å². The lowest BCUT2D eigenvalue weighted by Gasteiger charge is -2.34. The first-order valence-corrected chi connectivity index (χ1v) is 9.53. The van der Waals surface area contributed by atoms with Gasteiger partial charge in [-0.25, -0.2) is 4.98 Å². The fourth-order valence-corrected chi connectivity index (χ4v) is 3.16. The Morgan fingerprint density at radius 2 is 1.71 bits per heavy atom. The van der Waals surface area contributed by atoms with E-state index in [4.69, 9.17) is 0 Å². The number of halogens is 1. The third-order valence-electron chi connectivity index (χ3n) is 4.92. The first kappa shape index (κ1) is 22.4. The molecule has 0 bridgehead atoms. The van der Waals surface area contributed by atoms with Gasteiger partial charge in [0.05, 0.1) is 0 Å². The number of hydrogen-bond donors (Lipinski definition) is 2. The quantitative estimate of drug-likeness (QED) is 0.381. The third-order valence-corrected chi connectivity index (χ3v) is 4.92.